The minimum Gasteiger partial charge on any atom is -0.322 e. The van der Waals surface area contributed by atoms with E-state index in [9.17, 15) is 13.2 Å². The number of nitrogens with one attached hydrogen (secondary N) is 1. The molecule has 0 aliphatic carbocycles. The molecule has 0 unspecified atom stereocenters. The maximum Gasteiger partial charge on any atom is 0.255 e. The lowest BCUT2D eigenvalue weighted by Gasteiger charge is -2.25. The van der Waals surface area contributed by atoms with Crippen molar-refractivity contribution in [3.8, 4) is 0 Å². The van der Waals surface area contributed by atoms with Crippen LogP contribution in [0.25, 0.3) is 10.9 Å². The number of para-hydroxylation sites is 1. The van der Waals surface area contributed by atoms with Crippen LogP contribution in [0, 0.1) is 6.92 Å². The van der Waals surface area contributed by atoms with Crippen LogP contribution in [0.4, 0.5) is 5.69 Å². The average molecular weight is 460 g/mol. The summed E-state index contributed by atoms with van der Waals surface area (Å²) < 4.78 is 28.4. The Morgan fingerprint density at radius 3 is 2.45 bits per heavy atom. The lowest BCUT2D eigenvalue weighted by Crippen LogP contribution is -2.30. The molecule has 0 spiro atoms. The van der Waals surface area contributed by atoms with Crippen LogP contribution in [0.2, 0.25) is 0 Å². The summed E-state index contributed by atoms with van der Waals surface area (Å²) >= 11 is 0. The average Bonchev–Trinajstić information content (AvgIpc) is 2.83. The van der Waals surface area contributed by atoms with Crippen LogP contribution in [0.5, 0.6) is 0 Å². The van der Waals surface area contributed by atoms with Crippen molar-refractivity contribution in [3.05, 3.63) is 102 Å². The number of aromatic nitrogens is 1. The van der Waals surface area contributed by atoms with Crippen LogP contribution in [0.1, 0.15) is 34.5 Å². The molecule has 0 radical (unpaired) electrons. The van der Waals surface area contributed by atoms with Gasteiger partial charge in [0, 0.05) is 35.9 Å². The Morgan fingerprint density at radius 2 is 1.70 bits per heavy atom. The fourth-order valence-corrected chi connectivity index (χ4v) is 5.21. The van der Waals surface area contributed by atoms with E-state index in [1.807, 2.05) is 38.1 Å². The zero-order chi connectivity index (χ0) is 23.6. The second kappa shape index (κ2) is 9.13. The quantitative estimate of drug-likeness (QED) is 0.431. The first kappa shape index (κ1) is 22.6. The zero-order valence-corrected chi connectivity index (χ0v) is 19.5. The molecule has 4 aromatic rings. The maximum absolute atomic E-state index is 13.5. The van der Waals surface area contributed by atoms with Crippen molar-refractivity contribution in [3.63, 3.8) is 0 Å². The van der Waals surface area contributed by atoms with Crippen molar-refractivity contribution in [2.24, 2.45) is 0 Å². The van der Waals surface area contributed by atoms with Crippen molar-refractivity contribution in [1.82, 2.24) is 9.29 Å². The number of pyridine rings is 1. The molecule has 1 amide bonds. The fourth-order valence-electron chi connectivity index (χ4n) is 3.69. The Balaban J connectivity index is 1.61. The van der Waals surface area contributed by atoms with Crippen molar-refractivity contribution in [1.29, 1.82) is 0 Å². The van der Waals surface area contributed by atoms with E-state index in [1.165, 1.54) is 4.31 Å². The molecule has 33 heavy (non-hydrogen) atoms. The van der Waals surface area contributed by atoms with Gasteiger partial charge in [0.1, 0.15) is 4.90 Å². The lowest BCUT2D eigenvalue weighted by atomic mass is 10.1. The van der Waals surface area contributed by atoms with Crippen LogP contribution in [0.3, 0.4) is 0 Å². The van der Waals surface area contributed by atoms with Crippen LogP contribution < -0.4 is 5.32 Å². The SMILES string of the molecule is Cc1cnc2c(S(=O)(=O)N(C)[C@H](C)c3cccc(NC(=O)c4ccccc4)c3)cccc2c1. The monoisotopic (exact) mass is 459 g/mol. The molecule has 4 rings (SSSR count). The van der Waals surface area contributed by atoms with E-state index in [-0.39, 0.29) is 10.8 Å². The summed E-state index contributed by atoms with van der Waals surface area (Å²) in [6.07, 6.45) is 1.67. The minimum atomic E-state index is -3.82. The lowest BCUT2D eigenvalue weighted by molar-refractivity contribution is 0.102. The number of hydrogen-bond donors (Lipinski definition) is 1. The Labute approximate surface area is 194 Å². The summed E-state index contributed by atoms with van der Waals surface area (Å²) in [7, 11) is -2.26. The molecule has 6 nitrogen and oxygen atoms in total. The van der Waals surface area contributed by atoms with Crippen molar-refractivity contribution in [2.75, 3.05) is 12.4 Å². The molecule has 1 heterocycles. The van der Waals surface area contributed by atoms with Crippen LogP contribution in [-0.2, 0) is 10.0 Å². The molecule has 7 heteroatoms. The van der Waals surface area contributed by atoms with E-state index in [0.29, 0.717) is 16.8 Å². The zero-order valence-electron chi connectivity index (χ0n) is 18.7. The van der Waals surface area contributed by atoms with Gasteiger partial charge in [0.15, 0.2) is 0 Å². The molecular formula is C26H25N3O3S. The molecule has 0 aliphatic rings. The third kappa shape index (κ3) is 4.65. The number of aryl methyl sites for hydroxylation is 1. The molecule has 1 N–H and O–H groups in total. The number of carbonyl (C=O) groups excluding carboxylic acids is 1. The molecule has 0 saturated heterocycles. The van der Waals surface area contributed by atoms with Gasteiger partial charge in [0.25, 0.3) is 5.91 Å². The smallest absolute Gasteiger partial charge is 0.255 e. The van der Waals surface area contributed by atoms with Gasteiger partial charge in [-0.15, -0.1) is 0 Å². The van der Waals surface area contributed by atoms with E-state index in [2.05, 4.69) is 10.3 Å². The highest BCUT2D eigenvalue weighted by Crippen LogP contribution is 2.30. The molecule has 1 aromatic heterocycles. The second-order valence-electron chi connectivity index (χ2n) is 7.98. The highest BCUT2D eigenvalue weighted by molar-refractivity contribution is 7.89. The Hall–Kier alpha value is -3.55. The van der Waals surface area contributed by atoms with Crippen LogP contribution in [-0.4, -0.2) is 30.7 Å². The largest absolute Gasteiger partial charge is 0.322 e. The van der Waals surface area contributed by atoms with Gasteiger partial charge >= 0.3 is 0 Å². The third-order valence-electron chi connectivity index (χ3n) is 5.68. The first-order chi connectivity index (χ1) is 15.8. The standard InChI is InChI=1S/C26H25N3O3S/c1-18-15-22-12-8-14-24(25(22)27-17-18)33(31,32)29(3)19(2)21-11-7-13-23(16-21)28-26(30)20-9-5-4-6-10-20/h4-17,19H,1-3H3,(H,28,30)/t19-/m1/s1. The van der Waals surface area contributed by atoms with Gasteiger partial charge in [-0.2, -0.15) is 4.31 Å². The van der Waals surface area contributed by atoms with Crippen LogP contribution in [0.15, 0.2) is 90.0 Å². The Kier molecular flexibility index (Phi) is 6.26. The Bertz CT molecular complexity index is 1420. The highest BCUT2D eigenvalue weighted by Gasteiger charge is 2.28. The first-order valence-electron chi connectivity index (χ1n) is 10.6. The number of anilines is 1. The minimum absolute atomic E-state index is 0.169. The molecule has 0 bridgehead atoms. The second-order valence-corrected chi connectivity index (χ2v) is 9.95. The normalized spacial score (nSPS) is 12.6. The molecule has 0 fully saturated rings. The molecule has 3 aromatic carbocycles. The summed E-state index contributed by atoms with van der Waals surface area (Å²) in [6, 6.07) is 22.8. The number of benzene rings is 3. The van der Waals surface area contributed by atoms with Gasteiger partial charge < -0.3 is 5.32 Å². The van der Waals surface area contributed by atoms with Crippen molar-refractivity contribution >= 4 is 32.5 Å². The predicted octanol–water partition coefficient (Wildman–Crippen LogP) is 5.18. The first-order valence-corrected chi connectivity index (χ1v) is 12.0. The van der Waals surface area contributed by atoms with Crippen LogP contribution >= 0.6 is 0 Å². The summed E-state index contributed by atoms with van der Waals surface area (Å²) in [6.45, 7) is 3.74. The van der Waals surface area contributed by atoms with E-state index in [4.69, 9.17) is 0 Å². The molecule has 168 valence electrons. The topological polar surface area (TPSA) is 79.4 Å². The molecule has 0 aliphatic heterocycles. The number of fused-ring (bicyclic) bond motifs is 1. The van der Waals surface area contributed by atoms with Gasteiger partial charge in [-0.3, -0.25) is 9.78 Å². The summed E-state index contributed by atoms with van der Waals surface area (Å²) in [4.78, 5) is 17.1. The van der Waals surface area contributed by atoms with E-state index >= 15 is 0 Å². The molecular weight excluding hydrogens is 434 g/mol. The summed E-state index contributed by atoms with van der Waals surface area (Å²) in [5.74, 6) is -0.224. The Morgan fingerprint density at radius 1 is 0.970 bits per heavy atom. The number of amides is 1. The summed E-state index contributed by atoms with van der Waals surface area (Å²) in [5, 5.41) is 3.66. The van der Waals surface area contributed by atoms with Gasteiger partial charge in [0.2, 0.25) is 10.0 Å². The van der Waals surface area contributed by atoms with Gasteiger partial charge in [-0.25, -0.2) is 8.42 Å². The predicted molar refractivity (Wildman–Crippen MR) is 131 cm³/mol. The fraction of sp³-hybridized carbons (Fsp3) is 0.154. The van der Waals surface area contributed by atoms with Gasteiger partial charge in [-0.1, -0.05) is 42.5 Å². The van der Waals surface area contributed by atoms with Crippen molar-refractivity contribution < 1.29 is 13.2 Å². The number of nitrogens with zero attached hydrogens (tertiary/aromatic N) is 2. The molecule has 0 saturated carbocycles. The van der Waals surface area contributed by atoms with E-state index in [0.717, 1.165) is 16.5 Å². The van der Waals surface area contributed by atoms with Gasteiger partial charge in [-0.05, 0) is 61.4 Å². The van der Waals surface area contributed by atoms with Crippen molar-refractivity contribution in [2.45, 2.75) is 24.8 Å². The van der Waals surface area contributed by atoms with E-state index in [1.54, 1.807) is 67.8 Å². The number of carbonyl (C=O) groups is 1. The number of sulfonamides is 1. The van der Waals surface area contributed by atoms with Gasteiger partial charge in [0.05, 0.1) is 5.52 Å². The number of rotatable bonds is 6. The maximum atomic E-state index is 13.5. The summed E-state index contributed by atoms with van der Waals surface area (Å²) in [5.41, 5.74) is 3.32. The highest BCUT2D eigenvalue weighted by atomic mass is 32.2. The molecule has 1 atom stereocenters. The van der Waals surface area contributed by atoms with E-state index < -0.39 is 16.1 Å². The number of hydrogen-bond acceptors (Lipinski definition) is 4. The third-order valence-corrected chi connectivity index (χ3v) is 7.64.